The number of carbonyl (C=O) groups is 1. The molecule has 5 nitrogen and oxygen atoms in total. The summed E-state index contributed by atoms with van der Waals surface area (Å²) in [6.45, 7) is 6.69. The second-order valence-electron chi connectivity index (χ2n) is 5.62. The zero-order valence-corrected chi connectivity index (χ0v) is 13.5. The zero-order chi connectivity index (χ0) is 16.0. The third kappa shape index (κ3) is 4.93. The number of ether oxygens (including phenoxy) is 1. The van der Waals surface area contributed by atoms with Crippen LogP contribution >= 0.6 is 0 Å². The van der Waals surface area contributed by atoms with E-state index < -0.39 is 6.10 Å². The lowest BCUT2D eigenvalue weighted by atomic mass is 10.1. The standard InChI is InChI=1S/C16H26N2O3/c1-11(2)9-17-15(20)10-18(4)13-7-6-8-14(21-5)16(13)12(3)19/h6-8,11-12,19H,9-10H2,1-5H3,(H,17,20). The second-order valence-corrected chi connectivity index (χ2v) is 5.62. The van der Waals surface area contributed by atoms with Crippen LogP contribution in [0.2, 0.25) is 0 Å². The summed E-state index contributed by atoms with van der Waals surface area (Å²) in [4.78, 5) is 13.7. The predicted molar refractivity (Wildman–Crippen MR) is 84.7 cm³/mol. The minimum Gasteiger partial charge on any atom is -0.496 e. The highest BCUT2D eigenvalue weighted by molar-refractivity contribution is 5.81. The van der Waals surface area contributed by atoms with Gasteiger partial charge in [-0.25, -0.2) is 0 Å². The van der Waals surface area contributed by atoms with Crippen molar-refractivity contribution in [3.8, 4) is 5.75 Å². The van der Waals surface area contributed by atoms with Crippen LogP contribution in [0.3, 0.4) is 0 Å². The number of nitrogens with zero attached hydrogens (tertiary/aromatic N) is 1. The Morgan fingerprint density at radius 1 is 1.38 bits per heavy atom. The number of carbonyl (C=O) groups excluding carboxylic acids is 1. The molecule has 0 aliphatic rings. The Hall–Kier alpha value is -1.75. The first-order chi connectivity index (χ1) is 9.86. The Balaban J connectivity index is 2.87. The molecule has 0 radical (unpaired) electrons. The Labute approximate surface area is 126 Å². The maximum absolute atomic E-state index is 11.9. The van der Waals surface area contributed by atoms with E-state index in [1.165, 1.54) is 0 Å². The number of anilines is 1. The van der Waals surface area contributed by atoms with Crippen LogP contribution in [0, 0.1) is 5.92 Å². The fraction of sp³-hybridized carbons (Fsp3) is 0.562. The summed E-state index contributed by atoms with van der Waals surface area (Å²) in [5.74, 6) is 1.01. The molecule has 5 heteroatoms. The number of benzene rings is 1. The van der Waals surface area contributed by atoms with Gasteiger partial charge in [-0.3, -0.25) is 4.79 Å². The smallest absolute Gasteiger partial charge is 0.239 e. The number of aliphatic hydroxyl groups is 1. The first-order valence-electron chi connectivity index (χ1n) is 7.19. The van der Waals surface area contributed by atoms with Gasteiger partial charge in [-0.2, -0.15) is 0 Å². The van der Waals surface area contributed by atoms with Crippen molar-refractivity contribution in [2.45, 2.75) is 26.9 Å². The molecule has 0 heterocycles. The van der Waals surface area contributed by atoms with Gasteiger partial charge in [-0.1, -0.05) is 19.9 Å². The third-order valence-corrected chi connectivity index (χ3v) is 3.18. The third-order valence-electron chi connectivity index (χ3n) is 3.18. The minimum absolute atomic E-state index is 0.0365. The van der Waals surface area contributed by atoms with Crippen molar-refractivity contribution in [3.63, 3.8) is 0 Å². The summed E-state index contributed by atoms with van der Waals surface area (Å²) in [6.07, 6.45) is -0.669. The van der Waals surface area contributed by atoms with E-state index in [0.29, 0.717) is 23.8 Å². The fourth-order valence-corrected chi connectivity index (χ4v) is 2.14. The van der Waals surface area contributed by atoms with Gasteiger partial charge in [0.05, 0.1) is 19.8 Å². The average molecular weight is 294 g/mol. The Kier molecular flexibility index (Phi) is 6.49. The molecule has 21 heavy (non-hydrogen) atoms. The SMILES string of the molecule is COc1cccc(N(C)CC(=O)NCC(C)C)c1C(C)O. The monoisotopic (exact) mass is 294 g/mol. The van der Waals surface area contributed by atoms with Crippen molar-refractivity contribution in [1.82, 2.24) is 5.32 Å². The highest BCUT2D eigenvalue weighted by Crippen LogP contribution is 2.33. The van der Waals surface area contributed by atoms with E-state index in [4.69, 9.17) is 4.74 Å². The summed E-state index contributed by atoms with van der Waals surface area (Å²) < 4.78 is 5.29. The van der Waals surface area contributed by atoms with Crippen molar-refractivity contribution in [2.75, 3.05) is 32.1 Å². The molecule has 0 aromatic heterocycles. The van der Waals surface area contributed by atoms with Crippen LogP contribution in [0.25, 0.3) is 0 Å². The molecule has 2 N–H and O–H groups in total. The lowest BCUT2D eigenvalue weighted by Gasteiger charge is -2.24. The van der Waals surface area contributed by atoms with Crippen LogP contribution in [-0.2, 0) is 4.79 Å². The topological polar surface area (TPSA) is 61.8 Å². The minimum atomic E-state index is -0.669. The first kappa shape index (κ1) is 17.3. The number of amides is 1. The number of hydrogen-bond acceptors (Lipinski definition) is 4. The maximum atomic E-state index is 11.9. The first-order valence-corrected chi connectivity index (χ1v) is 7.19. The van der Waals surface area contributed by atoms with Gasteiger partial charge in [0.15, 0.2) is 0 Å². The van der Waals surface area contributed by atoms with E-state index in [1.54, 1.807) is 20.1 Å². The number of likely N-dealkylation sites (N-methyl/N-ethyl adjacent to an activating group) is 1. The molecular weight excluding hydrogens is 268 g/mol. The predicted octanol–water partition coefficient (Wildman–Crippen LogP) is 1.96. The number of nitrogens with one attached hydrogen (secondary N) is 1. The molecule has 1 aromatic carbocycles. The molecule has 118 valence electrons. The van der Waals surface area contributed by atoms with Crippen LogP contribution < -0.4 is 15.0 Å². The van der Waals surface area contributed by atoms with E-state index in [-0.39, 0.29) is 12.5 Å². The van der Waals surface area contributed by atoms with Gasteiger partial charge < -0.3 is 20.1 Å². The van der Waals surface area contributed by atoms with Crippen molar-refractivity contribution >= 4 is 11.6 Å². The van der Waals surface area contributed by atoms with Gasteiger partial charge in [0, 0.05) is 24.8 Å². The van der Waals surface area contributed by atoms with Gasteiger partial charge in [0.1, 0.15) is 5.75 Å². The molecule has 0 saturated carbocycles. The van der Waals surface area contributed by atoms with Gasteiger partial charge in [0.25, 0.3) is 0 Å². The van der Waals surface area contributed by atoms with Crippen LogP contribution in [0.5, 0.6) is 5.75 Å². The second kappa shape index (κ2) is 7.88. The van der Waals surface area contributed by atoms with Gasteiger partial charge in [-0.05, 0) is 25.0 Å². The van der Waals surface area contributed by atoms with E-state index in [0.717, 1.165) is 5.69 Å². The van der Waals surface area contributed by atoms with E-state index in [1.807, 2.05) is 24.1 Å². The lowest BCUT2D eigenvalue weighted by Crippen LogP contribution is -2.37. The molecule has 0 saturated heterocycles. The molecule has 0 fully saturated rings. The number of methoxy groups -OCH3 is 1. The fourth-order valence-electron chi connectivity index (χ4n) is 2.14. The number of hydrogen-bond donors (Lipinski definition) is 2. The average Bonchev–Trinajstić information content (AvgIpc) is 2.43. The Morgan fingerprint density at radius 2 is 2.05 bits per heavy atom. The highest BCUT2D eigenvalue weighted by atomic mass is 16.5. The number of rotatable bonds is 7. The summed E-state index contributed by atoms with van der Waals surface area (Å²) in [7, 11) is 3.40. The van der Waals surface area contributed by atoms with Crippen LogP contribution in [0.1, 0.15) is 32.4 Å². The van der Waals surface area contributed by atoms with Gasteiger partial charge in [0.2, 0.25) is 5.91 Å². The maximum Gasteiger partial charge on any atom is 0.239 e. The van der Waals surface area contributed by atoms with Crippen LogP contribution in [0.4, 0.5) is 5.69 Å². The molecular formula is C16H26N2O3. The Bertz CT molecular complexity index is 473. The van der Waals surface area contributed by atoms with Crippen molar-refractivity contribution < 1.29 is 14.6 Å². The summed E-state index contributed by atoms with van der Waals surface area (Å²) in [5.41, 5.74) is 1.49. The molecule has 0 spiro atoms. The van der Waals surface area contributed by atoms with Gasteiger partial charge >= 0.3 is 0 Å². The largest absolute Gasteiger partial charge is 0.496 e. The van der Waals surface area contributed by atoms with E-state index in [2.05, 4.69) is 19.2 Å². The molecule has 1 amide bonds. The van der Waals surface area contributed by atoms with E-state index in [9.17, 15) is 9.90 Å². The van der Waals surface area contributed by atoms with Crippen LogP contribution in [-0.4, -0.2) is 38.3 Å². The van der Waals surface area contributed by atoms with E-state index >= 15 is 0 Å². The van der Waals surface area contributed by atoms with Crippen molar-refractivity contribution in [1.29, 1.82) is 0 Å². The quantitative estimate of drug-likeness (QED) is 0.807. The molecule has 1 aromatic rings. The van der Waals surface area contributed by atoms with Gasteiger partial charge in [-0.15, -0.1) is 0 Å². The molecule has 0 aliphatic heterocycles. The zero-order valence-electron chi connectivity index (χ0n) is 13.5. The molecule has 1 unspecified atom stereocenters. The molecule has 1 atom stereocenters. The van der Waals surface area contributed by atoms with Crippen LogP contribution in [0.15, 0.2) is 18.2 Å². The summed E-state index contributed by atoms with van der Waals surface area (Å²) in [5, 5.41) is 12.9. The molecule has 0 bridgehead atoms. The van der Waals surface area contributed by atoms with Crippen molar-refractivity contribution in [2.24, 2.45) is 5.92 Å². The lowest BCUT2D eigenvalue weighted by molar-refractivity contribution is -0.119. The van der Waals surface area contributed by atoms with Crippen molar-refractivity contribution in [3.05, 3.63) is 23.8 Å². The molecule has 0 aliphatic carbocycles. The molecule has 1 rings (SSSR count). The Morgan fingerprint density at radius 3 is 2.57 bits per heavy atom. The normalized spacial score (nSPS) is 12.1. The summed E-state index contributed by atoms with van der Waals surface area (Å²) >= 11 is 0. The highest BCUT2D eigenvalue weighted by Gasteiger charge is 2.18. The summed E-state index contributed by atoms with van der Waals surface area (Å²) in [6, 6.07) is 5.53. The number of aliphatic hydroxyl groups excluding tert-OH is 1.